The highest BCUT2D eigenvalue weighted by Gasteiger charge is 2.41. The van der Waals surface area contributed by atoms with E-state index in [-0.39, 0.29) is 11.3 Å². The molecule has 2 fully saturated rings. The van der Waals surface area contributed by atoms with Crippen LogP contribution < -0.4 is 10.6 Å². The van der Waals surface area contributed by atoms with E-state index < -0.39 is 0 Å². The molecule has 0 radical (unpaired) electrons. The number of nitrogens with one attached hydrogen (secondary N) is 2. The number of rotatable bonds is 5. The Morgan fingerprint density at radius 2 is 2.00 bits per heavy atom. The molecule has 0 aromatic rings. The minimum atomic E-state index is -0.126. The standard InChI is InChI=1S/C14H26N2O/c1-3-13(6-5-7-13)10-16-12(17)14(4-2)8-9-15-11-14/h15H,3-11H2,1-2H3,(H,16,17). The van der Waals surface area contributed by atoms with Crippen molar-refractivity contribution >= 4 is 5.91 Å². The molecule has 1 atom stereocenters. The average Bonchev–Trinajstić information content (AvgIpc) is 2.77. The molecule has 2 rings (SSSR count). The van der Waals surface area contributed by atoms with E-state index in [0.29, 0.717) is 5.41 Å². The van der Waals surface area contributed by atoms with Crippen LogP contribution in [0.25, 0.3) is 0 Å². The van der Waals surface area contributed by atoms with Gasteiger partial charge in [-0.15, -0.1) is 0 Å². The second-order valence-corrected chi connectivity index (χ2v) is 5.95. The Labute approximate surface area is 105 Å². The summed E-state index contributed by atoms with van der Waals surface area (Å²) < 4.78 is 0. The van der Waals surface area contributed by atoms with Crippen LogP contribution in [0.4, 0.5) is 0 Å². The number of carbonyl (C=O) groups excluding carboxylic acids is 1. The first-order valence-corrected chi connectivity index (χ1v) is 7.15. The lowest BCUT2D eigenvalue weighted by Gasteiger charge is -2.42. The van der Waals surface area contributed by atoms with Crippen LogP contribution in [0, 0.1) is 10.8 Å². The van der Waals surface area contributed by atoms with Crippen molar-refractivity contribution in [2.45, 2.75) is 52.4 Å². The molecule has 0 aromatic carbocycles. The van der Waals surface area contributed by atoms with Gasteiger partial charge in [0.2, 0.25) is 5.91 Å². The molecule has 1 heterocycles. The average molecular weight is 238 g/mol. The maximum absolute atomic E-state index is 12.3. The first-order valence-electron chi connectivity index (χ1n) is 7.15. The zero-order chi connectivity index (χ0) is 12.4. The maximum Gasteiger partial charge on any atom is 0.227 e. The summed E-state index contributed by atoms with van der Waals surface area (Å²) in [5.41, 5.74) is 0.301. The molecular formula is C14H26N2O. The van der Waals surface area contributed by atoms with Crippen molar-refractivity contribution < 1.29 is 4.79 Å². The summed E-state index contributed by atoms with van der Waals surface area (Å²) in [7, 11) is 0. The van der Waals surface area contributed by atoms with Crippen LogP contribution in [0.3, 0.4) is 0 Å². The first kappa shape index (κ1) is 12.9. The van der Waals surface area contributed by atoms with Gasteiger partial charge >= 0.3 is 0 Å². The van der Waals surface area contributed by atoms with Crippen molar-refractivity contribution in [1.82, 2.24) is 10.6 Å². The predicted molar refractivity (Wildman–Crippen MR) is 69.8 cm³/mol. The number of amides is 1. The summed E-state index contributed by atoms with van der Waals surface area (Å²) in [6.07, 6.45) is 7.07. The SMILES string of the molecule is CCC1(CNC(=O)C2(CC)CCNC2)CCC1. The fraction of sp³-hybridized carbons (Fsp3) is 0.929. The molecule has 1 saturated carbocycles. The highest BCUT2D eigenvalue weighted by atomic mass is 16.2. The van der Waals surface area contributed by atoms with E-state index in [0.717, 1.165) is 32.5 Å². The van der Waals surface area contributed by atoms with E-state index in [2.05, 4.69) is 24.5 Å². The smallest absolute Gasteiger partial charge is 0.227 e. The fourth-order valence-corrected chi connectivity index (χ4v) is 3.19. The Balaban J connectivity index is 1.88. The largest absolute Gasteiger partial charge is 0.355 e. The molecule has 98 valence electrons. The molecule has 0 bridgehead atoms. The van der Waals surface area contributed by atoms with Crippen LogP contribution >= 0.6 is 0 Å². The van der Waals surface area contributed by atoms with Gasteiger partial charge < -0.3 is 10.6 Å². The molecule has 17 heavy (non-hydrogen) atoms. The molecule has 1 aliphatic carbocycles. The third kappa shape index (κ3) is 2.35. The summed E-state index contributed by atoms with van der Waals surface area (Å²) in [5, 5.41) is 6.55. The Morgan fingerprint density at radius 3 is 2.41 bits per heavy atom. The third-order valence-electron chi connectivity index (χ3n) is 5.19. The van der Waals surface area contributed by atoms with E-state index >= 15 is 0 Å². The van der Waals surface area contributed by atoms with Gasteiger partial charge in [0.1, 0.15) is 0 Å². The van der Waals surface area contributed by atoms with Gasteiger partial charge in [-0.3, -0.25) is 4.79 Å². The Bertz CT molecular complexity index is 272. The second kappa shape index (κ2) is 4.97. The van der Waals surface area contributed by atoms with E-state index in [1.54, 1.807) is 0 Å². The molecule has 1 aliphatic heterocycles. The highest BCUT2D eigenvalue weighted by molar-refractivity contribution is 5.83. The monoisotopic (exact) mass is 238 g/mol. The van der Waals surface area contributed by atoms with Crippen molar-refractivity contribution in [1.29, 1.82) is 0 Å². The van der Waals surface area contributed by atoms with Crippen LogP contribution in [0.2, 0.25) is 0 Å². The van der Waals surface area contributed by atoms with Gasteiger partial charge in [0.05, 0.1) is 5.41 Å². The highest BCUT2D eigenvalue weighted by Crippen LogP contribution is 2.43. The first-order chi connectivity index (χ1) is 8.16. The topological polar surface area (TPSA) is 41.1 Å². The lowest BCUT2D eigenvalue weighted by Crippen LogP contribution is -2.48. The van der Waals surface area contributed by atoms with E-state index in [4.69, 9.17) is 0 Å². The van der Waals surface area contributed by atoms with Gasteiger partial charge in [0, 0.05) is 13.1 Å². The molecule has 2 aliphatic rings. The third-order valence-corrected chi connectivity index (χ3v) is 5.19. The summed E-state index contributed by atoms with van der Waals surface area (Å²) in [6.45, 7) is 7.11. The van der Waals surface area contributed by atoms with Gasteiger partial charge in [-0.25, -0.2) is 0 Å². The molecule has 0 spiro atoms. The molecule has 1 unspecified atom stereocenters. The van der Waals surface area contributed by atoms with Crippen molar-refractivity contribution in [3.8, 4) is 0 Å². The molecule has 1 saturated heterocycles. The van der Waals surface area contributed by atoms with Crippen LogP contribution in [0.15, 0.2) is 0 Å². The number of hydrogen-bond acceptors (Lipinski definition) is 2. The van der Waals surface area contributed by atoms with E-state index in [1.165, 1.54) is 25.7 Å². The second-order valence-electron chi connectivity index (χ2n) is 5.95. The van der Waals surface area contributed by atoms with Crippen LogP contribution in [0.1, 0.15) is 52.4 Å². The zero-order valence-electron chi connectivity index (χ0n) is 11.3. The number of carbonyl (C=O) groups is 1. The van der Waals surface area contributed by atoms with Crippen LogP contribution in [-0.2, 0) is 4.79 Å². The van der Waals surface area contributed by atoms with Crippen molar-refractivity contribution in [2.75, 3.05) is 19.6 Å². The van der Waals surface area contributed by atoms with Crippen molar-refractivity contribution in [3.63, 3.8) is 0 Å². The Hall–Kier alpha value is -0.570. The minimum absolute atomic E-state index is 0.126. The quantitative estimate of drug-likeness (QED) is 0.770. The number of hydrogen-bond donors (Lipinski definition) is 2. The molecule has 3 heteroatoms. The molecular weight excluding hydrogens is 212 g/mol. The lowest BCUT2D eigenvalue weighted by atomic mass is 9.67. The van der Waals surface area contributed by atoms with Gasteiger partial charge in [-0.1, -0.05) is 20.3 Å². The van der Waals surface area contributed by atoms with Gasteiger partial charge in [0.15, 0.2) is 0 Å². The zero-order valence-corrected chi connectivity index (χ0v) is 11.3. The molecule has 2 N–H and O–H groups in total. The summed E-state index contributed by atoms with van der Waals surface area (Å²) >= 11 is 0. The molecule has 0 aromatic heterocycles. The van der Waals surface area contributed by atoms with Crippen LogP contribution in [-0.4, -0.2) is 25.5 Å². The fourth-order valence-electron chi connectivity index (χ4n) is 3.19. The van der Waals surface area contributed by atoms with Gasteiger partial charge in [-0.05, 0) is 44.1 Å². The van der Waals surface area contributed by atoms with Gasteiger partial charge in [-0.2, -0.15) is 0 Å². The summed E-state index contributed by atoms with van der Waals surface area (Å²) in [6, 6.07) is 0. The summed E-state index contributed by atoms with van der Waals surface area (Å²) in [5.74, 6) is 0.282. The van der Waals surface area contributed by atoms with E-state index in [9.17, 15) is 4.79 Å². The Morgan fingerprint density at radius 1 is 1.24 bits per heavy atom. The van der Waals surface area contributed by atoms with Crippen molar-refractivity contribution in [3.05, 3.63) is 0 Å². The minimum Gasteiger partial charge on any atom is -0.355 e. The maximum atomic E-state index is 12.3. The van der Waals surface area contributed by atoms with Crippen LogP contribution in [0.5, 0.6) is 0 Å². The lowest BCUT2D eigenvalue weighted by molar-refractivity contribution is -0.131. The molecule has 1 amide bonds. The van der Waals surface area contributed by atoms with Gasteiger partial charge in [0.25, 0.3) is 0 Å². The predicted octanol–water partition coefficient (Wildman–Crippen LogP) is 2.07. The van der Waals surface area contributed by atoms with Crippen molar-refractivity contribution in [2.24, 2.45) is 10.8 Å². The normalized spacial score (nSPS) is 30.9. The van der Waals surface area contributed by atoms with E-state index in [1.807, 2.05) is 0 Å². The summed E-state index contributed by atoms with van der Waals surface area (Å²) in [4.78, 5) is 12.3. The Kier molecular flexibility index (Phi) is 3.76. The molecule has 3 nitrogen and oxygen atoms in total.